The first-order chi connectivity index (χ1) is 10.2. The summed E-state index contributed by atoms with van der Waals surface area (Å²) in [6.45, 7) is 5.66. The molecular formula is C17H26N2O2. The molecule has 1 aliphatic rings. The highest BCUT2D eigenvalue weighted by molar-refractivity contribution is 5.99. The summed E-state index contributed by atoms with van der Waals surface area (Å²) < 4.78 is 5.65. The summed E-state index contributed by atoms with van der Waals surface area (Å²) in [5.74, 6) is 0.637. The van der Waals surface area contributed by atoms with Crippen LogP contribution in [0.3, 0.4) is 0 Å². The zero-order valence-corrected chi connectivity index (χ0v) is 13.1. The summed E-state index contributed by atoms with van der Waals surface area (Å²) >= 11 is 0. The van der Waals surface area contributed by atoms with Crippen molar-refractivity contribution in [3.8, 4) is 5.75 Å². The first-order valence-corrected chi connectivity index (χ1v) is 8.03. The number of nitrogens with one attached hydrogen (secondary N) is 2. The molecule has 4 nitrogen and oxygen atoms in total. The Morgan fingerprint density at radius 1 is 1.38 bits per heavy atom. The lowest BCUT2D eigenvalue weighted by Crippen LogP contribution is -2.33. The molecule has 0 saturated carbocycles. The van der Waals surface area contributed by atoms with Crippen LogP contribution in [0.1, 0.15) is 56.3 Å². The van der Waals surface area contributed by atoms with Gasteiger partial charge in [0.25, 0.3) is 5.91 Å². The average Bonchev–Trinajstić information content (AvgIpc) is 2.51. The lowest BCUT2D eigenvalue weighted by molar-refractivity contribution is 0.0933. The number of para-hydroxylation sites is 1. The third-order valence-corrected chi connectivity index (χ3v) is 3.79. The number of carbonyl (C=O) groups excluding carboxylic acids is 1. The van der Waals surface area contributed by atoms with Crippen molar-refractivity contribution in [1.29, 1.82) is 0 Å². The van der Waals surface area contributed by atoms with Gasteiger partial charge in [-0.3, -0.25) is 4.79 Å². The van der Waals surface area contributed by atoms with Crippen LogP contribution < -0.4 is 15.4 Å². The first kappa shape index (κ1) is 15.7. The Morgan fingerprint density at radius 2 is 2.24 bits per heavy atom. The zero-order chi connectivity index (χ0) is 15.1. The third-order valence-electron chi connectivity index (χ3n) is 3.79. The Bertz CT molecular complexity index is 474. The van der Waals surface area contributed by atoms with Gasteiger partial charge in [-0.05, 0) is 25.5 Å². The minimum Gasteiger partial charge on any atom is -0.489 e. The van der Waals surface area contributed by atoms with Crippen molar-refractivity contribution < 1.29 is 9.53 Å². The molecule has 0 radical (unpaired) electrons. The highest BCUT2D eigenvalue weighted by Crippen LogP contribution is 2.31. The number of amides is 1. The SMILES string of the molecule is CCCCCCC(C)NC(=O)c1cccc2c1OCCN2. The van der Waals surface area contributed by atoms with Crippen molar-refractivity contribution >= 4 is 11.6 Å². The van der Waals surface area contributed by atoms with E-state index in [1.807, 2.05) is 18.2 Å². The van der Waals surface area contributed by atoms with Crippen LogP contribution in [0.15, 0.2) is 18.2 Å². The van der Waals surface area contributed by atoms with Crippen LogP contribution in [0.25, 0.3) is 0 Å². The summed E-state index contributed by atoms with van der Waals surface area (Å²) in [5.41, 5.74) is 1.53. The maximum atomic E-state index is 12.4. The minimum atomic E-state index is -0.0430. The van der Waals surface area contributed by atoms with Gasteiger partial charge in [-0.25, -0.2) is 0 Å². The molecule has 1 unspecified atom stereocenters. The Balaban J connectivity index is 1.91. The van der Waals surface area contributed by atoms with Gasteiger partial charge in [0.05, 0.1) is 11.3 Å². The van der Waals surface area contributed by atoms with E-state index in [-0.39, 0.29) is 11.9 Å². The predicted octanol–water partition coefficient (Wildman–Crippen LogP) is 3.58. The molecule has 116 valence electrons. The lowest BCUT2D eigenvalue weighted by Gasteiger charge is -2.22. The molecule has 2 rings (SSSR count). The van der Waals surface area contributed by atoms with Gasteiger partial charge in [0.15, 0.2) is 5.75 Å². The molecule has 0 fully saturated rings. The van der Waals surface area contributed by atoms with Crippen molar-refractivity contribution in [2.75, 3.05) is 18.5 Å². The molecule has 21 heavy (non-hydrogen) atoms. The van der Waals surface area contributed by atoms with Gasteiger partial charge in [0.1, 0.15) is 6.61 Å². The molecule has 1 heterocycles. The number of benzene rings is 1. The third kappa shape index (κ3) is 4.38. The fourth-order valence-electron chi connectivity index (χ4n) is 2.60. The van der Waals surface area contributed by atoms with Gasteiger partial charge in [0, 0.05) is 12.6 Å². The molecule has 1 atom stereocenters. The number of anilines is 1. The first-order valence-electron chi connectivity index (χ1n) is 8.03. The Morgan fingerprint density at radius 3 is 3.05 bits per heavy atom. The second-order valence-corrected chi connectivity index (χ2v) is 5.68. The largest absolute Gasteiger partial charge is 0.489 e. The van der Waals surface area contributed by atoms with Crippen molar-refractivity contribution in [2.45, 2.75) is 52.0 Å². The van der Waals surface area contributed by atoms with Crippen molar-refractivity contribution in [3.63, 3.8) is 0 Å². The van der Waals surface area contributed by atoms with Crippen LogP contribution in [-0.2, 0) is 0 Å². The number of ether oxygens (including phenoxy) is 1. The average molecular weight is 290 g/mol. The maximum Gasteiger partial charge on any atom is 0.255 e. The number of unbranched alkanes of at least 4 members (excludes halogenated alkanes) is 3. The molecule has 0 saturated heterocycles. The number of hydrogen-bond acceptors (Lipinski definition) is 3. The van der Waals surface area contributed by atoms with Crippen LogP contribution in [0.2, 0.25) is 0 Å². The lowest BCUT2D eigenvalue weighted by atomic mass is 10.1. The molecule has 2 N–H and O–H groups in total. The van der Waals surface area contributed by atoms with E-state index >= 15 is 0 Å². The van der Waals surface area contributed by atoms with Gasteiger partial charge in [0.2, 0.25) is 0 Å². The molecule has 0 aromatic heterocycles. The molecule has 4 heteroatoms. The highest BCUT2D eigenvalue weighted by Gasteiger charge is 2.19. The van der Waals surface area contributed by atoms with Gasteiger partial charge in [-0.1, -0.05) is 38.7 Å². The Labute approximate surface area is 127 Å². The van der Waals surface area contributed by atoms with Crippen LogP contribution in [0.4, 0.5) is 5.69 Å². The summed E-state index contributed by atoms with van der Waals surface area (Å²) in [6, 6.07) is 5.85. The van der Waals surface area contributed by atoms with Gasteiger partial charge in [-0.15, -0.1) is 0 Å². The summed E-state index contributed by atoms with van der Waals surface area (Å²) in [6.07, 6.45) is 5.94. The van der Waals surface area contributed by atoms with E-state index in [9.17, 15) is 4.79 Å². The molecule has 1 aromatic rings. The number of carbonyl (C=O) groups is 1. The normalized spacial score (nSPS) is 14.6. The van der Waals surface area contributed by atoms with E-state index in [1.165, 1.54) is 25.7 Å². The fourth-order valence-corrected chi connectivity index (χ4v) is 2.60. The zero-order valence-electron chi connectivity index (χ0n) is 13.1. The second-order valence-electron chi connectivity index (χ2n) is 5.68. The smallest absolute Gasteiger partial charge is 0.255 e. The van der Waals surface area contributed by atoms with E-state index in [2.05, 4.69) is 24.5 Å². The van der Waals surface area contributed by atoms with E-state index in [1.54, 1.807) is 0 Å². The molecular weight excluding hydrogens is 264 g/mol. The minimum absolute atomic E-state index is 0.0430. The Hall–Kier alpha value is -1.71. The topological polar surface area (TPSA) is 50.4 Å². The standard InChI is InChI=1S/C17H26N2O2/c1-3-4-5-6-8-13(2)19-17(20)14-9-7-10-15-16(14)21-12-11-18-15/h7,9-10,13,18H,3-6,8,11-12H2,1-2H3,(H,19,20). The molecule has 0 bridgehead atoms. The molecule has 1 aliphatic heterocycles. The fraction of sp³-hybridized carbons (Fsp3) is 0.588. The molecule has 1 aromatic carbocycles. The van der Waals surface area contributed by atoms with E-state index < -0.39 is 0 Å². The summed E-state index contributed by atoms with van der Waals surface area (Å²) in [5, 5.41) is 6.33. The monoisotopic (exact) mass is 290 g/mol. The van der Waals surface area contributed by atoms with Crippen LogP contribution in [0, 0.1) is 0 Å². The predicted molar refractivity (Wildman–Crippen MR) is 86.1 cm³/mol. The van der Waals surface area contributed by atoms with Crippen molar-refractivity contribution in [1.82, 2.24) is 5.32 Å². The molecule has 1 amide bonds. The molecule has 0 spiro atoms. The van der Waals surface area contributed by atoms with E-state index in [0.29, 0.717) is 17.9 Å². The van der Waals surface area contributed by atoms with Crippen LogP contribution in [-0.4, -0.2) is 25.1 Å². The van der Waals surface area contributed by atoms with Crippen LogP contribution in [0.5, 0.6) is 5.75 Å². The molecule has 0 aliphatic carbocycles. The second kappa shape index (κ2) is 7.91. The van der Waals surface area contributed by atoms with Gasteiger partial charge in [-0.2, -0.15) is 0 Å². The van der Waals surface area contributed by atoms with Gasteiger partial charge >= 0.3 is 0 Å². The summed E-state index contributed by atoms with van der Waals surface area (Å²) in [7, 11) is 0. The number of rotatable bonds is 7. The maximum absolute atomic E-state index is 12.4. The quantitative estimate of drug-likeness (QED) is 0.755. The van der Waals surface area contributed by atoms with Crippen molar-refractivity contribution in [2.24, 2.45) is 0 Å². The highest BCUT2D eigenvalue weighted by atomic mass is 16.5. The van der Waals surface area contributed by atoms with Crippen molar-refractivity contribution in [3.05, 3.63) is 23.8 Å². The Kier molecular flexibility index (Phi) is 5.90. The number of fused-ring (bicyclic) bond motifs is 1. The van der Waals surface area contributed by atoms with Gasteiger partial charge < -0.3 is 15.4 Å². The van der Waals surface area contributed by atoms with Crippen LogP contribution >= 0.6 is 0 Å². The van der Waals surface area contributed by atoms with E-state index in [4.69, 9.17) is 4.74 Å². The summed E-state index contributed by atoms with van der Waals surface area (Å²) in [4.78, 5) is 12.4. The number of hydrogen-bond donors (Lipinski definition) is 2. The van der Waals surface area contributed by atoms with E-state index in [0.717, 1.165) is 18.7 Å².